The van der Waals surface area contributed by atoms with E-state index in [2.05, 4.69) is 9.05 Å². The number of carboxylic acids is 2. The van der Waals surface area contributed by atoms with E-state index in [9.17, 15) is 14.2 Å². The molecule has 0 radical (unpaired) electrons. The fraction of sp³-hybridized carbons (Fsp3) is 0.818. The summed E-state index contributed by atoms with van der Waals surface area (Å²) in [7, 11) is -2.28. The van der Waals surface area contributed by atoms with Crippen LogP contribution >= 0.6 is 8.25 Å². The van der Waals surface area contributed by atoms with Crippen molar-refractivity contribution in [2.45, 2.75) is 46.0 Å². The molecule has 10 nitrogen and oxygen atoms in total. The van der Waals surface area contributed by atoms with Crippen LogP contribution in [0.25, 0.3) is 0 Å². The van der Waals surface area contributed by atoms with Gasteiger partial charge in [0, 0.05) is 4.57 Å². The molecule has 0 aliphatic rings. The van der Waals surface area contributed by atoms with E-state index in [1.165, 1.54) is 20.8 Å². The standard InChI is InChI=1S/C5H9O5P.C3H6O3.C3H8O2/c1-3-9-11(8)10-4(2)5(6)7;1-2(4)3(5)6;1-3(5)2-4/h4H,3H2,1-2H3;2,4H,1H3,(H,5,6);3-5H,2H2,1H3/p+1. The fourth-order valence-corrected chi connectivity index (χ4v) is 0.930. The lowest BCUT2D eigenvalue weighted by Gasteiger charge is -1.94. The highest BCUT2D eigenvalue weighted by atomic mass is 31.1. The first-order chi connectivity index (χ1) is 9.99. The number of hydrogen-bond acceptors (Lipinski definition) is 8. The summed E-state index contributed by atoms with van der Waals surface area (Å²) in [4.78, 5) is 19.6. The molecule has 0 heterocycles. The number of aliphatic hydroxyl groups excluding tert-OH is 3. The van der Waals surface area contributed by atoms with Crippen LogP contribution in [-0.2, 0) is 23.2 Å². The second kappa shape index (κ2) is 16.2. The Hall–Kier alpha value is -1.16. The summed E-state index contributed by atoms with van der Waals surface area (Å²) in [6, 6.07) is 0. The van der Waals surface area contributed by atoms with E-state index < -0.39 is 38.5 Å². The molecule has 0 bridgehead atoms. The van der Waals surface area contributed by atoms with Crippen LogP contribution in [0.2, 0.25) is 0 Å². The van der Waals surface area contributed by atoms with Gasteiger partial charge in [0.1, 0.15) is 12.7 Å². The molecule has 5 N–H and O–H groups in total. The van der Waals surface area contributed by atoms with E-state index in [0.29, 0.717) is 0 Å². The largest absolute Gasteiger partial charge is 0.698 e. The van der Waals surface area contributed by atoms with Crippen molar-refractivity contribution in [3.63, 3.8) is 0 Å². The van der Waals surface area contributed by atoms with Crippen molar-refractivity contribution in [3.05, 3.63) is 0 Å². The molecule has 4 atom stereocenters. The minimum absolute atomic E-state index is 0.139. The van der Waals surface area contributed by atoms with E-state index >= 15 is 0 Å². The molecule has 0 aliphatic heterocycles. The maximum absolute atomic E-state index is 10.6. The Morgan fingerprint density at radius 3 is 1.64 bits per heavy atom. The number of aliphatic carboxylic acids is 2. The van der Waals surface area contributed by atoms with Gasteiger partial charge in [-0.25, -0.2) is 9.59 Å². The van der Waals surface area contributed by atoms with E-state index in [0.717, 1.165) is 0 Å². The second-order valence-corrected chi connectivity index (χ2v) is 4.69. The fourth-order valence-electron chi connectivity index (χ4n) is 0.310. The van der Waals surface area contributed by atoms with Gasteiger partial charge in [-0.3, -0.25) is 0 Å². The van der Waals surface area contributed by atoms with E-state index in [1.54, 1.807) is 6.92 Å². The third-order valence-electron chi connectivity index (χ3n) is 1.45. The van der Waals surface area contributed by atoms with Crippen LogP contribution in [0.15, 0.2) is 0 Å². The molecular weight excluding hydrogens is 323 g/mol. The molecule has 0 aromatic carbocycles. The van der Waals surface area contributed by atoms with Crippen molar-refractivity contribution in [1.82, 2.24) is 0 Å². The zero-order chi connectivity index (χ0) is 18.3. The third-order valence-corrected chi connectivity index (χ3v) is 2.41. The smallest absolute Gasteiger partial charge is 0.479 e. The maximum Gasteiger partial charge on any atom is 0.698 e. The lowest BCUT2D eigenvalue weighted by atomic mass is 10.4. The van der Waals surface area contributed by atoms with Gasteiger partial charge in [0.2, 0.25) is 6.10 Å². The molecule has 0 rings (SSSR count). The number of rotatable bonds is 7. The molecule has 0 aromatic rings. The first-order valence-corrected chi connectivity index (χ1v) is 7.28. The van der Waals surface area contributed by atoms with Gasteiger partial charge in [-0.1, -0.05) is 0 Å². The number of carboxylic acid groups (broad SMARTS) is 2. The first-order valence-electron chi connectivity index (χ1n) is 6.18. The molecule has 0 amide bonds. The SMILES string of the molecule is CC(O)C(=O)O.CC(O)CO.CCO[P+](=O)OC(C)C(=O)O. The Kier molecular flexibility index (Phi) is 19.0. The number of hydrogen-bond donors (Lipinski definition) is 5. The molecule has 4 unspecified atom stereocenters. The van der Waals surface area contributed by atoms with Gasteiger partial charge in [-0.15, -0.1) is 9.05 Å². The molecule has 0 fully saturated rings. The molecule has 0 aromatic heterocycles. The van der Waals surface area contributed by atoms with Crippen LogP contribution in [0, 0.1) is 0 Å². The summed E-state index contributed by atoms with van der Waals surface area (Å²) in [5.74, 6) is -2.34. The Labute approximate surface area is 129 Å². The Morgan fingerprint density at radius 1 is 1.09 bits per heavy atom. The summed E-state index contributed by atoms with van der Waals surface area (Å²) in [5.41, 5.74) is 0. The highest BCUT2D eigenvalue weighted by Crippen LogP contribution is 2.25. The Morgan fingerprint density at radius 2 is 1.45 bits per heavy atom. The molecule has 22 heavy (non-hydrogen) atoms. The van der Waals surface area contributed by atoms with Gasteiger partial charge in [-0.05, 0) is 27.7 Å². The van der Waals surface area contributed by atoms with Crippen molar-refractivity contribution < 1.29 is 48.7 Å². The van der Waals surface area contributed by atoms with E-state index in [1.807, 2.05) is 0 Å². The van der Waals surface area contributed by atoms with Gasteiger partial charge in [0.15, 0.2) is 0 Å². The minimum atomic E-state index is -2.28. The van der Waals surface area contributed by atoms with Crippen LogP contribution < -0.4 is 0 Å². The van der Waals surface area contributed by atoms with Crippen LogP contribution in [0.3, 0.4) is 0 Å². The van der Waals surface area contributed by atoms with Gasteiger partial charge in [0.25, 0.3) is 0 Å². The van der Waals surface area contributed by atoms with Crippen molar-refractivity contribution in [2.75, 3.05) is 13.2 Å². The van der Waals surface area contributed by atoms with Crippen LogP contribution in [0.1, 0.15) is 27.7 Å². The van der Waals surface area contributed by atoms with Gasteiger partial charge in [0.05, 0.1) is 12.7 Å². The predicted octanol–water partition coefficient (Wildman–Crippen LogP) is -0.0187. The summed E-state index contributed by atoms with van der Waals surface area (Å²) >= 11 is 0. The highest BCUT2D eigenvalue weighted by molar-refractivity contribution is 7.33. The van der Waals surface area contributed by atoms with Gasteiger partial charge < -0.3 is 25.5 Å². The molecular formula is C11H24O10P+. The second-order valence-electron chi connectivity index (χ2n) is 3.77. The van der Waals surface area contributed by atoms with Crippen LogP contribution in [0.4, 0.5) is 0 Å². The molecule has 0 aliphatic carbocycles. The minimum Gasteiger partial charge on any atom is -0.479 e. The third kappa shape index (κ3) is 23.9. The topological polar surface area (TPSA) is 171 Å². The lowest BCUT2D eigenvalue weighted by molar-refractivity contribution is -0.145. The average Bonchev–Trinajstić information content (AvgIpc) is 2.39. The van der Waals surface area contributed by atoms with E-state index in [-0.39, 0.29) is 13.2 Å². The average molecular weight is 347 g/mol. The molecule has 0 saturated heterocycles. The zero-order valence-electron chi connectivity index (χ0n) is 12.9. The van der Waals surface area contributed by atoms with Crippen molar-refractivity contribution in [1.29, 1.82) is 0 Å². The number of carbonyl (C=O) groups is 2. The Bertz CT molecular complexity index is 318. The molecule has 0 spiro atoms. The van der Waals surface area contributed by atoms with Gasteiger partial charge in [-0.2, -0.15) is 0 Å². The monoisotopic (exact) mass is 347 g/mol. The zero-order valence-corrected chi connectivity index (χ0v) is 13.8. The molecule has 132 valence electrons. The van der Waals surface area contributed by atoms with Gasteiger partial charge >= 0.3 is 20.2 Å². The van der Waals surface area contributed by atoms with Crippen LogP contribution in [-0.4, -0.2) is 69.0 Å². The summed E-state index contributed by atoms with van der Waals surface area (Å²) in [6.07, 6.45) is -2.88. The normalized spacial score (nSPS) is 14.2. The van der Waals surface area contributed by atoms with Crippen molar-refractivity contribution >= 4 is 20.2 Å². The first kappa shape index (κ1) is 25.8. The molecule has 11 heteroatoms. The quantitative estimate of drug-likeness (QED) is 0.394. The van der Waals surface area contributed by atoms with E-state index in [4.69, 9.17) is 25.5 Å². The number of aliphatic hydroxyl groups is 3. The Balaban J connectivity index is -0.000000277. The highest BCUT2D eigenvalue weighted by Gasteiger charge is 2.27. The summed E-state index contributed by atoms with van der Waals surface area (Å²) < 4.78 is 19.5. The van der Waals surface area contributed by atoms with Crippen LogP contribution in [0.5, 0.6) is 0 Å². The van der Waals surface area contributed by atoms with Crippen molar-refractivity contribution in [3.8, 4) is 0 Å². The lowest BCUT2D eigenvalue weighted by Crippen LogP contribution is -2.16. The maximum atomic E-state index is 10.6. The summed E-state index contributed by atoms with van der Waals surface area (Å²) in [6.45, 7) is 5.75. The summed E-state index contributed by atoms with van der Waals surface area (Å²) in [5, 5.41) is 40.1. The predicted molar refractivity (Wildman–Crippen MR) is 75.5 cm³/mol. The molecule has 0 saturated carbocycles. The van der Waals surface area contributed by atoms with Crippen molar-refractivity contribution in [2.24, 2.45) is 0 Å².